The summed E-state index contributed by atoms with van der Waals surface area (Å²) < 4.78 is 6.61. The zero-order valence-corrected chi connectivity index (χ0v) is 10.1. The minimum Gasteiger partial charge on any atom is -0.489 e. The normalized spacial score (nSPS) is 10.9. The molecule has 0 aliphatic rings. The molecule has 0 aliphatic heterocycles. The van der Waals surface area contributed by atoms with Gasteiger partial charge in [0.1, 0.15) is 17.9 Å². The van der Waals surface area contributed by atoms with Gasteiger partial charge < -0.3 is 9.84 Å². The number of fused-ring (bicyclic) bond motifs is 1. The average Bonchev–Trinajstić information content (AvgIpc) is 2.69. The molecule has 0 atom stereocenters. The number of rotatable bonds is 5. The second kappa shape index (κ2) is 5.27. The molecule has 0 unspecified atom stereocenters. The standard InChI is InChI=1S/C12H15NO2S/c1-2-4-11-13-12-9(15-8-7-14)5-3-6-10(12)16-11/h3,5-6,14H,2,4,7-8H2,1H3. The first-order chi connectivity index (χ1) is 7.85. The lowest BCUT2D eigenvalue weighted by Gasteiger charge is -2.03. The van der Waals surface area contributed by atoms with E-state index in [1.54, 1.807) is 11.3 Å². The van der Waals surface area contributed by atoms with Gasteiger partial charge >= 0.3 is 0 Å². The highest BCUT2D eigenvalue weighted by atomic mass is 32.1. The Kier molecular flexibility index (Phi) is 3.74. The molecule has 2 aromatic rings. The first kappa shape index (κ1) is 11.4. The number of aliphatic hydroxyl groups excluding tert-OH is 1. The second-order valence-corrected chi connectivity index (χ2v) is 4.65. The minimum atomic E-state index is 0.0301. The summed E-state index contributed by atoms with van der Waals surface area (Å²) in [6.45, 7) is 2.50. The van der Waals surface area contributed by atoms with Crippen LogP contribution in [0.1, 0.15) is 18.4 Å². The van der Waals surface area contributed by atoms with Gasteiger partial charge in [-0.05, 0) is 25.0 Å². The van der Waals surface area contributed by atoms with E-state index < -0.39 is 0 Å². The Balaban J connectivity index is 2.34. The maximum absolute atomic E-state index is 8.75. The summed E-state index contributed by atoms with van der Waals surface area (Å²) in [5.74, 6) is 0.769. The third-order valence-corrected chi connectivity index (χ3v) is 3.32. The molecule has 0 aliphatic carbocycles. The lowest BCUT2D eigenvalue weighted by atomic mass is 10.3. The highest BCUT2D eigenvalue weighted by Crippen LogP contribution is 2.30. The second-order valence-electron chi connectivity index (χ2n) is 3.53. The van der Waals surface area contributed by atoms with Crippen molar-refractivity contribution in [2.75, 3.05) is 13.2 Å². The fourth-order valence-electron chi connectivity index (χ4n) is 1.56. The molecular weight excluding hydrogens is 222 g/mol. The summed E-state index contributed by atoms with van der Waals surface area (Å²) in [7, 11) is 0. The zero-order chi connectivity index (χ0) is 11.4. The number of aliphatic hydroxyl groups is 1. The number of thiazole rings is 1. The first-order valence-corrected chi connectivity index (χ1v) is 6.29. The summed E-state index contributed by atoms with van der Waals surface area (Å²) in [4.78, 5) is 4.57. The highest BCUT2D eigenvalue weighted by molar-refractivity contribution is 7.18. The van der Waals surface area contributed by atoms with E-state index in [1.807, 2.05) is 12.1 Å². The van der Waals surface area contributed by atoms with Crippen LogP contribution in [-0.4, -0.2) is 23.3 Å². The summed E-state index contributed by atoms with van der Waals surface area (Å²) in [5.41, 5.74) is 0.921. The van der Waals surface area contributed by atoms with Crippen molar-refractivity contribution in [1.82, 2.24) is 4.98 Å². The molecule has 0 fully saturated rings. The number of hydrogen-bond donors (Lipinski definition) is 1. The Morgan fingerprint density at radius 2 is 2.31 bits per heavy atom. The molecule has 0 amide bonds. The van der Waals surface area contributed by atoms with E-state index in [0.29, 0.717) is 6.61 Å². The molecule has 0 spiro atoms. The number of benzene rings is 1. The van der Waals surface area contributed by atoms with Gasteiger partial charge in [0.2, 0.25) is 0 Å². The summed E-state index contributed by atoms with van der Waals surface area (Å²) in [5, 5.41) is 9.90. The molecule has 0 bridgehead atoms. The predicted octanol–water partition coefficient (Wildman–Crippen LogP) is 2.62. The van der Waals surface area contributed by atoms with Crippen LogP contribution in [0, 0.1) is 0 Å². The maximum Gasteiger partial charge on any atom is 0.146 e. The van der Waals surface area contributed by atoms with E-state index >= 15 is 0 Å². The van der Waals surface area contributed by atoms with Crippen molar-refractivity contribution in [2.24, 2.45) is 0 Å². The minimum absolute atomic E-state index is 0.0301. The van der Waals surface area contributed by atoms with E-state index in [2.05, 4.69) is 18.0 Å². The number of para-hydroxylation sites is 1. The topological polar surface area (TPSA) is 42.4 Å². The predicted molar refractivity (Wildman–Crippen MR) is 66.2 cm³/mol. The molecule has 2 rings (SSSR count). The van der Waals surface area contributed by atoms with Crippen LogP contribution in [0.25, 0.3) is 10.2 Å². The van der Waals surface area contributed by atoms with Crippen molar-refractivity contribution in [3.8, 4) is 5.75 Å². The third-order valence-electron chi connectivity index (χ3n) is 2.24. The number of ether oxygens (including phenoxy) is 1. The molecule has 1 aromatic carbocycles. The number of hydrogen-bond acceptors (Lipinski definition) is 4. The lowest BCUT2D eigenvalue weighted by molar-refractivity contribution is 0.202. The average molecular weight is 237 g/mol. The Morgan fingerprint density at radius 1 is 1.44 bits per heavy atom. The molecule has 1 aromatic heterocycles. The van der Waals surface area contributed by atoms with Crippen molar-refractivity contribution in [3.63, 3.8) is 0 Å². The van der Waals surface area contributed by atoms with Crippen molar-refractivity contribution in [1.29, 1.82) is 0 Å². The summed E-state index contributed by atoms with van der Waals surface area (Å²) >= 11 is 1.72. The van der Waals surface area contributed by atoms with E-state index in [0.717, 1.165) is 33.8 Å². The van der Waals surface area contributed by atoms with E-state index in [4.69, 9.17) is 9.84 Å². The number of aromatic nitrogens is 1. The van der Waals surface area contributed by atoms with Gasteiger partial charge in [-0.15, -0.1) is 11.3 Å². The molecule has 86 valence electrons. The van der Waals surface area contributed by atoms with E-state index in [9.17, 15) is 0 Å². The van der Waals surface area contributed by atoms with Gasteiger partial charge in [-0.1, -0.05) is 13.0 Å². The van der Waals surface area contributed by atoms with Crippen LogP contribution in [0.2, 0.25) is 0 Å². The fourth-order valence-corrected chi connectivity index (χ4v) is 2.65. The molecule has 0 radical (unpaired) electrons. The summed E-state index contributed by atoms with van der Waals surface area (Å²) in [6, 6.07) is 5.91. The monoisotopic (exact) mass is 237 g/mol. The molecule has 16 heavy (non-hydrogen) atoms. The molecule has 1 N–H and O–H groups in total. The van der Waals surface area contributed by atoms with Gasteiger partial charge in [-0.2, -0.15) is 0 Å². The van der Waals surface area contributed by atoms with Crippen molar-refractivity contribution >= 4 is 21.6 Å². The van der Waals surface area contributed by atoms with Crippen LogP contribution in [0.15, 0.2) is 18.2 Å². The highest BCUT2D eigenvalue weighted by Gasteiger charge is 2.08. The van der Waals surface area contributed by atoms with Crippen LogP contribution < -0.4 is 4.74 Å². The van der Waals surface area contributed by atoms with Gasteiger partial charge in [0.05, 0.1) is 16.3 Å². The van der Waals surface area contributed by atoms with Gasteiger partial charge in [0.15, 0.2) is 0 Å². The van der Waals surface area contributed by atoms with Crippen molar-refractivity contribution < 1.29 is 9.84 Å². The molecule has 0 saturated carbocycles. The number of aryl methyl sites for hydroxylation is 1. The Morgan fingerprint density at radius 3 is 3.06 bits per heavy atom. The molecule has 4 heteroatoms. The molecule has 1 heterocycles. The van der Waals surface area contributed by atoms with Gasteiger partial charge in [-0.25, -0.2) is 4.98 Å². The van der Waals surface area contributed by atoms with E-state index in [-0.39, 0.29) is 6.61 Å². The van der Waals surface area contributed by atoms with E-state index in [1.165, 1.54) is 0 Å². The molecule has 3 nitrogen and oxygen atoms in total. The van der Waals surface area contributed by atoms with Gasteiger partial charge in [0.25, 0.3) is 0 Å². The SMILES string of the molecule is CCCc1nc2c(OCCO)cccc2s1. The van der Waals surface area contributed by atoms with Crippen LogP contribution in [0.3, 0.4) is 0 Å². The Labute approximate surface area is 98.7 Å². The summed E-state index contributed by atoms with van der Waals surface area (Å²) in [6.07, 6.45) is 2.12. The maximum atomic E-state index is 8.75. The van der Waals surface area contributed by atoms with Crippen LogP contribution in [0.5, 0.6) is 5.75 Å². The van der Waals surface area contributed by atoms with Crippen LogP contribution in [-0.2, 0) is 6.42 Å². The third kappa shape index (κ3) is 2.33. The Hall–Kier alpha value is -1.13. The van der Waals surface area contributed by atoms with Gasteiger partial charge in [0, 0.05) is 0 Å². The Bertz CT molecular complexity index is 467. The smallest absolute Gasteiger partial charge is 0.146 e. The fraction of sp³-hybridized carbons (Fsp3) is 0.417. The molecular formula is C12H15NO2S. The number of nitrogens with zero attached hydrogens (tertiary/aromatic N) is 1. The van der Waals surface area contributed by atoms with Gasteiger partial charge in [-0.3, -0.25) is 0 Å². The molecule has 0 saturated heterocycles. The zero-order valence-electron chi connectivity index (χ0n) is 9.27. The van der Waals surface area contributed by atoms with Crippen LogP contribution in [0.4, 0.5) is 0 Å². The first-order valence-electron chi connectivity index (χ1n) is 5.47. The van der Waals surface area contributed by atoms with Crippen molar-refractivity contribution in [2.45, 2.75) is 19.8 Å². The van der Waals surface area contributed by atoms with Crippen molar-refractivity contribution in [3.05, 3.63) is 23.2 Å². The lowest BCUT2D eigenvalue weighted by Crippen LogP contribution is -2.01. The quantitative estimate of drug-likeness (QED) is 0.869. The largest absolute Gasteiger partial charge is 0.489 e. The van der Waals surface area contributed by atoms with Crippen LogP contribution >= 0.6 is 11.3 Å².